The van der Waals surface area contributed by atoms with Crippen molar-refractivity contribution < 1.29 is 29.5 Å². The Bertz CT molecular complexity index is 1500. The van der Waals surface area contributed by atoms with Gasteiger partial charge in [-0.2, -0.15) is 0 Å². The van der Waals surface area contributed by atoms with Crippen LogP contribution >= 0.6 is 0 Å². The molecule has 0 aliphatic carbocycles. The fourth-order valence-corrected chi connectivity index (χ4v) is 5.20. The van der Waals surface area contributed by atoms with Crippen LogP contribution in [0.2, 0.25) is 0 Å². The Labute approximate surface area is 213 Å². The van der Waals surface area contributed by atoms with Crippen LogP contribution in [0, 0.1) is 0 Å². The molecule has 1 aromatic carbocycles. The zero-order valence-electron chi connectivity index (χ0n) is 21.5. The summed E-state index contributed by atoms with van der Waals surface area (Å²) in [6.07, 6.45) is 0.333. The molecule has 0 saturated carbocycles. The lowest BCUT2D eigenvalue weighted by Crippen LogP contribution is -2.81. The molecule has 10 nitrogen and oxygen atoms in total. The predicted octanol–water partition coefficient (Wildman–Crippen LogP) is 1.27. The molecule has 1 atom stereocenters. The zero-order chi connectivity index (χ0) is 26.5. The number of likely N-dealkylation sites (N-methyl/N-ethyl adjacent to an activating group) is 2. The number of nitrogens with zero attached hydrogens (tertiary/aromatic N) is 3. The molecule has 2 aliphatic heterocycles. The molecular formula is C27H31N4O6+. The Kier molecular flexibility index (Phi) is 6.25. The summed E-state index contributed by atoms with van der Waals surface area (Å²) in [4.78, 5) is 44.8. The van der Waals surface area contributed by atoms with E-state index in [2.05, 4.69) is 0 Å². The SMILES string of the molecule is CCc1c2c(nc3ccc(OC(=O)N(C)CC[NH2+]C)cc13)-c1cc3c(c(=O)n1C2)COC(=O)[C@]3(O)CC. The van der Waals surface area contributed by atoms with Gasteiger partial charge in [0.15, 0.2) is 5.60 Å². The van der Waals surface area contributed by atoms with E-state index in [4.69, 9.17) is 14.5 Å². The second-order valence-corrected chi connectivity index (χ2v) is 9.54. The number of nitrogens with two attached hydrogens (primary N) is 1. The highest BCUT2D eigenvalue weighted by Gasteiger charge is 2.45. The van der Waals surface area contributed by atoms with Crippen molar-refractivity contribution >= 4 is 23.0 Å². The first-order valence-electron chi connectivity index (χ1n) is 12.6. The van der Waals surface area contributed by atoms with Crippen LogP contribution in [0.15, 0.2) is 29.1 Å². The molecule has 194 valence electrons. The van der Waals surface area contributed by atoms with Crippen molar-refractivity contribution in [3.63, 3.8) is 0 Å². The number of benzene rings is 1. The maximum Gasteiger partial charge on any atom is 0.415 e. The summed E-state index contributed by atoms with van der Waals surface area (Å²) >= 11 is 0. The van der Waals surface area contributed by atoms with E-state index in [1.165, 1.54) is 4.90 Å². The number of aromatic nitrogens is 2. The highest BCUT2D eigenvalue weighted by molar-refractivity contribution is 5.90. The fraction of sp³-hybridized carbons (Fsp3) is 0.407. The summed E-state index contributed by atoms with van der Waals surface area (Å²) in [5.41, 5.74) is 2.27. The van der Waals surface area contributed by atoms with Gasteiger partial charge in [-0.05, 0) is 42.7 Å². The number of aryl methyl sites for hydroxylation is 1. The number of pyridine rings is 2. The minimum absolute atomic E-state index is 0.0906. The second-order valence-electron chi connectivity index (χ2n) is 9.54. The summed E-state index contributed by atoms with van der Waals surface area (Å²) in [7, 11) is 3.64. The summed E-state index contributed by atoms with van der Waals surface area (Å²) in [6.45, 7) is 5.21. The van der Waals surface area contributed by atoms with Crippen molar-refractivity contribution in [2.24, 2.45) is 0 Å². The van der Waals surface area contributed by atoms with Crippen molar-refractivity contribution in [1.82, 2.24) is 14.5 Å². The normalized spacial score (nSPS) is 17.7. The lowest BCUT2D eigenvalue weighted by Gasteiger charge is -2.31. The molecule has 4 heterocycles. The van der Waals surface area contributed by atoms with Gasteiger partial charge in [0.1, 0.15) is 12.4 Å². The summed E-state index contributed by atoms with van der Waals surface area (Å²) in [6, 6.07) is 7.04. The van der Waals surface area contributed by atoms with Crippen LogP contribution in [-0.2, 0) is 34.7 Å². The van der Waals surface area contributed by atoms with Crippen molar-refractivity contribution in [3.05, 3.63) is 56.9 Å². The second kappa shape index (κ2) is 9.28. The lowest BCUT2D eigenvalue weighted by atomic mass is 9.86. The first-order valence-corrected chi connectivity index (χ1v) is 12.6. The molecule has 2 aliphatic rings. The molecule has 37 heavy (non-hydrogen) atoms. The molecule has 3 aromatic rings. The Morgan fingerprint density at radius 3 is 2.76 bits per heavy atom. The molecule has 0 unspecified atom stereocenters. The van der Waals surface area contributed by atoms with Gasteiger partial charge in [-0.3, -0.25) is 4.79 Å². The first kappa shape index (κ1) is 24.9. The molecular weight excluding hydrogens is 476 g/mol. The number of hydrogen-bond acceptors (Lipinski definition) is 7. The third-order valence-corrected chi connectivity index (χ3v) is 7.40. The zero-order valence-corrected chi connectivity index (χ0v) is 21.5. The number of rotatable bonds is 6. The number of aliphatic hydroxyl groups is 1. The van der Waals surface area contributed by atoms with E-state index in [1.807, 2.05) is 25.4 Å². The van der Waals surface area contributed by atoms with Crippen molar-refractivity contribution in [3.8, 4) is 17.1 Å². The van der Waals surface area contributed by atoms with Gasteiger partial charge in [-0.15, -0.1) is 0 Å². The van der Waals surface area contributed by atoms with Crippen LogP contribution < -0.4 is 15.6 Å². The molecule has 1 amide bonds. The molecule has 2 aromatic heterocycles. The van der Waals surface area contributed by atoms with Gasteiger partial charge >= 0.3 is 12.1 Å². The topological polar surface area (TPSA) is 128 Å². The first-order chi connectivity index (χ1) is 17.7. The molecule has 0 saturated heterocycles. The van der Waals surface area contributed by atoms with E-state index in [0.29, 0.717) is 53.3 Å². The highest BCUT2D eigenvalue weighted by Crippen LogP contribution is 2.40. The van der Waals surface area contributed by atoms with Crippen LogP contribution in [0.25, 0.3) is 22.3 Å². The average Bonchev–Trinajstić information content (AvgIpc) is 3.26. The number of amides is 1. The molecule has 3 N–H and O–H groups in total. The highest BCUT2D eigenvalue weighted by atomic mass is 16.6. The Balaban J connectivity index is 1.60. The average molecular weight is 508 g/mol. The smallest absolute Gasteiger partial charge is 0.415 e. The van der Waals surface area contributed by atoms with Crippen LogP contribution in [0.3, 0.4) is 0 Å². The van der Waals surface area contributed by atoms with E-state index in [9.17, 15) is 19.5 Å². The molecule has 10 heteroatoms. The van der Waals surface area contributed by atoms with Crippen molar-refractivity contribution in [1.29, 1.82) is 0 Å². The van der Waals surface area contributed by atoms with Gasteiger partial charge in [0.05, 0.1) is 49.1 Å². The number of esters is 1. The van der Waals surface area contributed by atoms with Crippen LogP contribution in [0.4, 0.5) is 4.79 Å². The number of carbonyl (C=O) groups is 2. The molecule has 0 fully saturated rings. The Morgan fingerprint density at radius 1 is 1.27 bits per heavy atom. The van der Waals surface area contributed by atoms with Gasteiger partial charge in [-0.1, -0.05) is 13.8 Å². The number of fused-ring (bicyclic) bond motifs is 5. The van der Waals surface area contributed by atoms with E-state index >= 15 is 0 Å². The third kappa shape index (κ3) is 3.87. The summed E-state index contributed by atoms with van der Waals surface area (Å²) in [5, 5.41) is 13.9. The van der Waals surface area contributed by atoms with E-state index in [-0.39, 0.29) is 18.6 Å². The third-order valence-electron chi connectivity index (χ3n) is 7.40. The van der Waals surface area contributed by atoms with Crippen LogP contribution in [0.5, 0.6) is 5.75 Å². The monoisotopic (exact) mass is 507 g/mol. The van der Waals surface area contributed by atoms with Crippen molar-refractivity contribution in [2.75, 3.05) is 27.2 Å². The summed E-state index contributed by atoms with van der Waals surface area (Å²) < 4.78 is 12.4. The Morgan fingerprint density at radius 2 is 2.05 bits per heavy atom. The maximum absolute atomic E-state index is 13.5. The van der Waals surface area contributed by atoms with Gasteiger partial charge in [0.2, 0.25) is 0 Å². The standard InChI is InChI=1S/C27H30N4O6/c1-5-16-17-11-15(37-26(34)30(4)10-9-28-3)7-8-21(17)29-23-18(16)13-31-22(23)12-20-19(24(31)32)14-36-25(33)27(20,35)6-2/h7-8,11-12,28,35H,5-6,9-10,13-14H2,1-4H3/p+1/t27-/m0/s1. The molecule has 0 radical (unpaired) electrons. The van der Waals surface area contributed by atoms with Crippen LogP contribution in [0.1, 0.15) is 42.5 Å². The van der Waals surface area contributed by atoms with E-state index < -0.39 is 17.7 Å². The molecule has 5 rings (SSSR count). The number of carbonyl (C=O) groups excluding carboxylic acids is 2. The molecule has 0 bridgehead atoms. The minimum atomic E-state index is -1.86. The summed E-state index contributed by atoms with van der Waals surface area (Å²) in [5.74, 6) is -0.320. The maximum atomic E-state index is 13.5. The van der Waals surface area contributed by atoms with Crippen LogP contribution in [-0.4, -0.2) is 58.8 Å². The minimum Gasteiger partial charge on any atom is -0.458 e. The quantitative estimate of drug-likeness (QED) is 0.376. The number of quaternary nitrogens is 1. The predicted molar refractivity (Wildman–Crippen MR) is 135 cm³/mol. The fourth-order valence-electron chi connectivity index (χ4n) is 5.20. The van der Waals surface area contributed by atoms with Gasteiger partial charge in [0, 0.05) is 23.6 Å². The van der Waals surface area contributed by atoms with Crippen molar-refractivity contribution in [2.45, 2.75) is 45.4 Å². The van der Waals surface area contributed by atoms with E-state index in [1.54, 1.807) is 36.7 Å². The lowest BCUT2D eigenvalue weighted by molar-refractivity contribution is -0.626. The van der Waals surface area contributed by atoms with Gasteiger partial charge in [-0.25, -0.2) is 14.6 Å². The molecule has 0 spiro atoms. The Hall–Kier alpha value is -3.76. The van der Waals surface area contributed by atoms with Gasteiger partial charge in [0.25, 0.3) is 5.56 Å². The largest absolute Gasteiger partial charge is 0.458 e. The number of ether oxygens (including phenoxy) is 2. The number of hydrogen-bond donors (Lipinski definition) is 2. The van der Waals surface area contributed by atoms with E-state index in [0.717, 1.165) is 23.1 Å². The number of cyclic esters (lactones) is 1. The van der Waals surface area contributed by atoms with Gasteiger partial charge < -0.3 is 29.4 Å².